The Morgan fingerprint density at radius 3 is 1.88 bits per heavy atom. The Morgan fingerprint density at radius 1 is 0.824 bits per heavy atom. The Hall–Kier alpha value is 0.730. The molecule has 0 heterocycles. The van der Waals surface area contributed by atoms with E-state index in [0.29, 0.717) is 13.0 Å². The number of ether oxygens (including phenoxy) is 1. The molecular formula is C14H28CaO2. The van der Waals surface area contributed by atoms with Crippen LogP contribution in [0.15, 0.2) is 0 Å². The second kappa shape index (κ2) is 16.7. The smallest absolute Gasteiger partial charge is 0.305 e. The van der Waals surface area contributed by atoms with E-state index in [-0.39, 0.29) is 43.7 Å². The van der Waals surface area contributed by atoms with Crippen LogP contribution in [0.4, 0.5) is 0 Å². The summed E-state index contributed by atoms with van der Waals surface area (Å²) in [5, 5.41) is 0. The zero-order valence-corrected chi connectivity index (χ0v) is 14.0. The summed E-state index contributed by atoms with van der Waals surface area (Å²) in [6, 6.07) is 0. The molecule has 0 aliphatic rings. The summed E-state index contributed by atoms with van der Waals surface area (Å²) < 4.78 is 5.01. The van der Waals surface area contributed by atoms with Crippen molar-refractivity contribution in [1.82, 2.24) is 0 Å². The maximum Gasteiger partial charge on any atom is 0.305 e. The summed E-state index contributed by atoms with van der Waals surface area (Å²) in [4.78, 5) is 11.2. The Bertz CT molecular complexity index is 160. The normalized spacial score (nSPS) is 9.76. The standard InChI is InChI=1S/C14H28O2.Ca/c1-3-5-6-7-8-9-10-11-12-14(15)16-13-4-2;/h3-13H2,1-2H3;. The van der Waals surface area contributed by atoms with Crippen molar-refractivity contribution in [2.75, 3.05) is 6.61 Å². The summed E-state index contributed by atoms with van der Waals surface area (Å²) in [5.74, 6) is -0.0205. The third-order valence-electron chi connectivity index (χ3n) is 2.70. The average Bonchev–Trinajstić information content (AvgIpc) is 2.30. The van der Waals surface area contributed by atoms with Crippen molar-refractivity contribution in [3.63, 3.8) is 0 Å². The van der Waals surface area contributed by atoms with Gasteiger partial charge in [0.25, 0.3) is 0 Å². The van der Waals surface area contributed by atoms with E-state index < -0.39 is 0 Å². The van der Waals surface area contributed by atoms with Crippen LogP contribution in [0.5, 0.6) is 0 Å². The maximum absolute atomic E-state index is 11.2. The summed E-state index contributed by atoms with van der Waals surface area (Å²) in [6.45, 7) is 4.83. The van der Waals surface area contributed by atoms with E-state index >= 15 is 0 Å². The van der Waals surface area contributed by atoms with Crippen molar-refractivity contribution in [3.05, 3.63) is 0 Å². The Balaban J connectivity index is 0. The fourth-order valence-electron chi connectivity index (χ4n) is 1.69. The van der Waals surface area contributed by atoms with Gasteiger partial charge in [-0.1, -0.05) is 58.8 Å². The largest absolute Gasteiger partial charge is 0.466 e. The summed E-state index contributed by atoms with van der Waals surface area (Å²) in [7, 11) is 0. The molecule has 0 fully saturated rings. The molecule has 17 heavy (non-hydrogen) atoms. The van der Waals surface area contributed by atoms with Crippen LogP contribution in [0.25, 0.3) is 0 Å². The molecule has 0 aromatic heterocycles. The molecular weight excluding hydrogens is 240 g/mol. The number of carbonyl (C=O) groups excluding carboxylic acids is 1. The van der Waals surface area contributed by atoms with Crippen molar-refractivity contribution in [1.29, 1.82) is 0 Å². The molecule has 0 atom stereocenters. The third kappa shape index (κ3) is 16.7. The van der Waals surface area contributed by atoms with Gasteiger partial charge in [0.05, 0.1) is 6.61 Å². The number of hydrogen-bond donors (Lipinski definition) is 0. The van der Waals surface area contributed by atoms with Gasteiger partial charge >= 0.3 is 5.97 Å². The van der Waals surface area contributed by atoms with Gasteiger partial charge in [-0.3, -0.25) is 4.79 Å². The van der Waals surface area contributed by atoms with Gasteiger partial charge in [0, 0.05) is 44.2 Å². The molecule has 0 saturated heterocycles. The number of carbonyl (C=O) groups is 1. The fourth-order valence-corrected chi connectivity index (χ4v) is 1.69. The van der Waals surface area contributed by atoms with E-state index in [0.717, 1.165) is 12.8 Å². The van der Waals surface area contributed by atoms with Gasteiger partial charge < -0.3 is 4.74 Å². The van der Waals surface area contributed by atoms with E-state index in [2.05, 4.69) is 6.92 Å². The number of rotatable bonds is 11. The van der Waals surface area contributed by atoms with Gasteiger partial charge in [0.2, 0.25) is 0 Å². The minimum absolute atomic E-state index is 0. The SMILES string of the molecule is CCCCCCCCCCC(=O)OCCC.[Ca]. The van der Waals surface area contributed by atoms with E-state index in [9.17, 15) is 4.79 Å². The number of esters is 1. The average molecular weight is 268 g/mol. The molecule has 2 radical (unpaired) electrons. The molecule has 0 amide bonds. The van der Waals surface area contributed by atoms with Crippen LogP contribution in [0.2, 0.25) is 0 Å². The molecule has 0 bridgehead atoms. The minimum Gasteiger partial charge on any atom is -0.466 e. The van der Waals surface area contributed by atoms with Gasteiger partial charge in [-0.25, -0.2) is 0 Å². The van der Waals surface area contributed by atoms with Crippen molar-refractivity contribution in [2.24, 2.45) is 0 Å². The summed E-state index contributed by atoms with van der Waals surface area (Å²) in [5.41, 5.74) is 0. The van der Waals surface area contributed by atoms with E-state index in [4.69, 9.17) is 4.74 Å². The van der Waals surface area contributed by atoms with Crippen LogP contribution in [-0.4, -0.2) is 50.3 Å². The Kier molecular flexibility index (Phi) is 19.7. The predicted octanol–water partition coefficient (Wildman–Crippen LogP) is 4.09. The molecule has 0 rings (SSSR count). The quantitative estimate of drug-likeness (QED) is 0.320. The van der Waals surface area contributed by atoms with E-state index in [1.54, 1.807) is 0 Å². The third-order valence-corrected chi connectivity index (χ3v) is 2.70. The predicted molar refractivity (Wildman–Crippen MR) is 74.2 cm³/mol. The monoisotopic (exact) mass is 268 g/mol. The topological polar surface area (TPSA) is 26.3 Å². The van der Waals surface area contributed by atoms with Crippen molar-refractivity contribution < 1.29 is 9.53 Å². The van der Waals surface area contributed by atoms with Gasteiger partial charge in [0.15, 0.2) is 0 Å². The summed E-state index contributed by atoms with van der Waals surface area (Å²) >= 11 is 0. The zero-order valence-electron chi connectivity index (χ0n) is 11.8. The van der Waals surface area contributed by atoms with E-state index in [1.165, 1.54) is 44.9 Å². The first-order chi connectivity index (χ1) is 7.81. The zero-order chi connectivity index (χ0) is 12.1. The number of unbranched alkanes of at least 4 members (excludes halogenated alkanes) is 7. The molecule has 98 valence electrons. The first-order valence-electron chi connectivity index (χ1n) is 6.96. The van der Waals surface area contributed by atoms with Gasteiger partial charge in [-0.15, -0.1) is 0 Å². The maximum atomic E-state index is 11.2. The van der Waals surface area contributed by atoms with Crippen LogP contribution in [-0.2, 0) is 9.53 Å². The minimum atomic E-state index is -0.0205. The first-order valence-corrected chi connectivity index (χ1v) is 6.96. The molecule has 0 aliphatic carbocycles. The number of hydrogen-bond acceptors (Lipinski definition) is 2. The first kappa shape index (κ1) is 20.1. The summed E-state index contributed by atoms with van der Waals surface area (Å²) in [6.07, 6.45) is 11.7. The molecule has 3 heteroatoms. The Morgan fingerprint density at radius 2 is 1.35 bits per heavy atom. The van der Waals surface area contributed by atoms with Crippen molar-refractivity contribution in [3.8, 4) is 0 Å². The van der Waals surface area contributed by atoms with Crippen LogP contribution < -0.4 is 0 Å². The second-order valence-electron chi connectivity index (χ2n) is 4.45. The molecule has 2 nitrogen and oxygen atoms in total. The molecule has 0 unspecified atom stereocenters. The van der Waals surface area contributed by atoms with Gasteiger partial charge in [-0.2, -0.15) is 0 Å². The van der Waals surface area contributed by atoms with Gasteiger partial charge in [-0.05, 0) is 12.8 Å². The fraction of sp³-hybridized carbons (Fsp3) is 0.929. The van der Waals surface area contributed by atoms with Crippen molar-refractivity contribution in [2.45, 2.75) is 78.1 Å². The second-order valence-corrected chi connectivity index (χ2v) is 4.45. The molecule has 0 aliphatic heterocycles. The van der Waals surface area contributed by atoms with Crippen LogP contribution >= 0.6 is 0 Å². The molecule has 0 N–H and O–H groups in total. The van der Waals surface area contributed by atoms with E-state index in [1.807, 2.05) is 6.92 Å². The van der Waals surface area contributed by atoms with Crippen molar-refractivity contribution >= 4 is 43.7 Å². The molecule has 0 spiro atoms. The molecule has 0 saturated carbocycles. The van der Waals surface area contributed by atoms with Crippen LogP contribution in [0, 0.1) is 0 Å². The van der Waals surface area contributed by atoms with Gasteiger partial charge in [0.1, 0.15) is 0 Å². The molecule has 0 aromatic rings. The van der Waals surface area contributed by atoms with Crippen LogP contribution in [0.1, 0.15) is 78.1 Å². The Labute approximate surface area is 137 Å². The molecule has 0 aromatic carbocycles. The van der Waals surface area contributed by atoms with Crippen LogP contribution in [0.3, 0.4) is 0 Å².